The molecule has 0 aliphatic heterocycles. The second kappa shape index (κ2) is 7.25. The first-order chi connectivity index (χ1) is 13.2. The van der Waals surface area contributed by atoms with E-state index in [2.05, 4.69) is 20.6 Å². The van der Waals surface area contributed by atoms with Crippen LogP contribution >= 0.6 is 0 Å². The number of aromatic nitrogens is 2. The van der Waals surface area contributed by atoms with Crippen LogP contribution in [0.25, 0.3) is 10.9 Å². The number of para-hydroxylation sites is 2. The van der Waals surface area contributed by atoms with Gasteiger partial charge in [-0.25, -0.2) is 9.97 Å². The van der Waals surface area contributed by atoms with E-state index < -0.39 is 0 Å². The number of rotatable bonds is 4. The van der Waals surface area contributed by atoms with Gasteiger partial charge in [0, 0.05) is 16.8 Å². The standard InChI is InChI=1S/C22H18N4O/c1-15-11-13-17(14-12-15)24-22(27)21-25-19-10-6-5-9-18(19)20(26-21)23-16-7-3-2-4-8-16/h2-14H,1H3,(H,24,27)(H,23,25,26). The van der Waals surface area contributed by atoms with Crippen molar-refractivity contribution in [3.05, 3.63) is 90.3 Å². The Kier molecular flexibility index (Phi) is 4.49. The number of hydrogen-bond acceptors (Lipinski definition) is 4. The second-order valence-electron chi connectivity index (χ2n) is 6.22. The minimum Gasteiger partial charge on any atom is -0.340 e. The van der Waals surface area contributed by atoms with Crippen LogP contribution in [-0.2, 0) is 0 Å². The zero-order chi connectivity index (χ0) is 18.6. The summed E-state index contributed by atoms with van der Waals surface area (Å²) in [6.45, 7) is 2.00. The number of carbonyl (C=O) groups excluding carboxylic acids is 1. The molecule has 3 aromatic carbocycles. The normalized spacial score (nSPS) is 10.6. The molecule has 1 amide bonds. The van der Waals surface area contributed by atoms with Crippen molar-refractivity contribution in [3.63, 3.8) is 0 Å². The molecule has 0 spiro atoms. The third kappa shape index (κ3) is 3.77. The van der Waals surface area contributed by atoms with Gasteiger partial charge in [-0.05, 0) is 43.3 Å². The fraction of sp³-hybridized carbons (Fsp3) is 0.0455. The predicted octanol–water partition coefficient (Wildman–Crippen LogP) is 4.93. The molecule has 2 N–H and O–H groups in total. The van der Waals surface area contributed by atoms with Crippen LogP contribution in [-0.4, -0.2) is 15.9 Å². The molecule has 0 radical (unpaired) electrons. The molecular weight excluding hydrogens is 336 g/mol. The monoisotopic (exact) mass is 354 g/mol. The highest BCUT2D eigenvalue weighted by molar-refractivity contribution is 6.04. The SMILES string of the molecule is Cc1ccc(NC(=O)c2nc(Nc3ccccc3)c3ccccc3n2)cc1. The summed E-state index contributed by atoms with van der Waals surface area (Å²) < 4.78 is 0. The zero-order valence-electron chi connectivity index (χ0n) is 14.8. The van der Waals surface area contributed by atoms with E-state index in [9.17, 15) is 4.79 Å². The Hall–Kier alpha value is -3.73. The number of carbonyl (C=O) groups is 1. The molecule has 0 unspecified atom stereocenters. The summed E-state index contributed by atoms with van der Waals surface area (Å²) in [6.07, 6.45) is 0. The van der Waals surface area contributed by atoms with Gasteiger partial charge in [0.05, 0.1) is 5.52 Å². The van der Waals surface area contributed by atoms with Crippen LogP contribution in [0.1, 0.15) is 16.2 Å². The average molecular weight is 354 g/mol. The van der Waals surface area contributed by atoms with E-state index in [1.807, 2.05) is 85.8 Å². The first kappa shape index (κ1) is 16.7. The number of benzene rings is 3. The summed E-state index contributed by atoms with van der Waals surface area (Å²) in [7, 11) is 0. The summed E-state index contributed by atoms with van der Waals surface area (Å²) in [5.74, 6) is 0.370. The molecule has 4 rings (SSSR count). The van der Waals surface area contributed by atoms with Gasteiger partial charge in [-0.3, -0.25) is 4.79 Å². The largest absolute Gasteiger partial charge is 0.340 e. The molecule has 1 heterocycles. The van der Waals surface area contributed by atoms with Crippen molar-refractivity contribution in [2.24, 2.45) is 0 Å². The lowest BCUT2D eigenvalue weighted by molar-refractivity contribution is 0.101. The molecule has 0 bridgehead atoms. The highest BCUT2D eigenvalue weighted by Gasteiger charge is 2.14. The van der Waals surface area contributed by atoms with Crippen molar-refractivity contribution in [1.82, 2.24) is 9.97 Å². The molecule has 27 heavy (non-hydrogen) atoms. The van der Waals surface area contributed by atoms with Crippen molar-refractivity contribution in [3.8, 4) is 0 Å². The minimum atomic E-state index is -0.347. The number of nitrogens with one attached hydrogen (secondary N) is 2. The fourth-order valence-corrected chi connectivity index (χ4v) is 2.76. The van der Waals surface area contributed by atoms with E-state index in [-0.39, 0.29) is 11.7 Å². The Morgan fingerprint density at radius 2 is 1.48 bits per heavy atom. The van der Waals surface area contributed by atoms with Crippen LogP contribution in [0.3, 0.4) is 0 Å². The molecule has 5 nitrogen and oxygen atoms in total. The zero-order valence-corrected chi connectivity index (χ0v) is 14.8. The highest BCUT2D eigenvalue weighted by atomic mass is 16.2. The van der Waals surface area contributed by atoms with Crippen LogP contribution in [0, 0.1) is 6.92 Å². The van der Waals surface area contributed by atoms with Crippen molar-refractivity contribution in [2.45, 2.75) is 6.92 Å². The third-order valence-electron chi connectivity index (χ3n) is 4.15. The van der Waals surface area contributed by atoms with Crippen LogP contribution in [0.2, 0.25) is 0 Å². The molecule has 0 fully saturated rings. The lowest BCUT2D eigenvalue weighted by Gasteiger charge is -2.11. The van der Waals surface area contributed by atoms with Crippen LogP contribution in [0.15, 0.2) is 78.9 Å². The Labute approximate surface area is 157 Å². The molecule has 0 saturated carbocycles. The number of fused-ring (bicyclic) bond motifs is 1. The number of aryl methyl sites for hydroxylation is 1. The van der Waals surface area contributed by atoms with Gasteiger partial charge in [-0.15, -0.1) is 0 Å². The molecule has 1 aromatic heterocycles. The van der Waals surface area contributed by atoms with E-state index in [0.717, 1.165) is 16.6 Å². The van der Waals surface area contributed by atoms with Crippen LogP contribution in [0.4, 0.5) is 17.2 Å². The summed E-state index contributed by atoms with van der Waals surface area (Å²) in [6, 6.07) is 25.0. The summed E-state index contributed by atoms with van der Waals surface area (Å²) in [5, 5.41) is 6.99. The smallest absolute Gasteiger partial charge is 0.293 e. The van der Waals surface area contributed by atoms with Gasteiger partial charge in [-0.1, -0.05) is 48.0 Å². The Morgan fingerprint density at radius 3 is 2.26 bits per heavy atom. The fourth-order valence-electron chi connectivity index (χ4n) is 2.76. The van der Waals surface area contributed by atoms with E-state index in [4.69, 9.17) is 0 Å². The first-order valence-corrected chi connectivity index (χ1v) is 8.66. The van der Waals surface area contributed by atoms with Gasteiger partial charge >= 0.3 is 0 Å². The van der Waals surface area contributed by atoms with Gasteiger partial charge in [0.25, 0.3) is 5.91 Å². The summed E-state index contributed by atoms with van der Waals surface area (Å²) in [4.78, 5) is 21.6. The van der Waals surface area contributed by atoms with Gasteiger partial charge < -0.3 is 10.6 Å². The highest BCUT2D eigenvalue weighted by Crippen LogP contribution is 2.24. The van der Waals surface area contributed by atoms with Gasteiger partial charge in [0.2, 0.25) is 5.82 Å². The Morgan fingerprint density at radius 1 is 0.778 bits per heavy atom. The topological polar surface area (TPSA) is 66.9 Å². The summed E-state index contributed by atoms with van der Waals surface area (Å²) in [5.41, 5.74) is 3.44. The van der Waals surface area contributed by atoms with Crippen LogP contribution in [0.5, 0.6) is 0 Å². The third-order valence-corrected chi connectivity index (χ3v) is 4.15. The van der Waals surface area contributed by atoms with Crippen molar-refractivity contribution >= 4 is 34.0 Å². The van der Waals surface area contributed by atoms with E-state index in [1.54, 1.807) is 0 Å². The lowest BCUT2D eigenvalue weighted by atomic mass is 10.2. The maximum Gasteiger partial charge on any atom is 0.293 e. The van der Waals surface area contributed by atoms with Gasteiger partial charge in [0.1, 0.15) is 5.82 Å². The number of nitrogens with zero attached hydrogens (tertiary/aromatic N) is 2. The summed E-state index contributed by atoms with van der Waals surface area (Å²) >= 11 is 0. The second-order valence-corrected chi connectivity index (χ2v) is 6.22. The maximum absolute atomic E-state index is 12.7. The number of amides is 1. The maximum atomic E-state index is 12.7. The molecule has 4 aromatic rings. The lowest BCUT2D eigenvalue weighted by Crippen LogP contribution is -2.16. The minimum absolute atomic E-state index is 0.118. The molecule has 0 saturated heterocycles. The molecule has 0 atom stereocenters. The Balaban J connectivity index is 1.70. The van der Waals surface area contributed by atoms with Crippen molar-refractivity contribution < 1.29 is 4.79 Å². The average Bonchev–Trinajstić information content (AvgIpc) is 2.70. The van der Waals surface area contributed by atoms with Gasteiger partial charge in [0.15, 0.2) is 0 Å². The van der Waals surface area contributed by atoms with E-state index in [0.29, 0.717) is 17.0 Å². The molecule has 132 valence electrons. The molecule has 0 aliphatic carbocycles. The van der Waals surface area contributed by atoms with E-state index >= 15 is 0 Å². The van der Waals surface area contributed by atoms with Crippen molar-refractivity contribution in [1.29, 1.82) is 0 Å². The van der Waals surface area contributed by atoms with Crippen molar-refractivity contribution in [2.75, 3.05) is 10.6 Å². The predicted molar refractivity (Wildman–Crippen MR) is 108 cm³/mol. The molecule has 0 aliphatic rings. The number of anilines is 3. The molecular formula is C22H18N4O. The molecule has 5 heteroatoms. The first-order valence-electron chi connectivity index (χ1n) is 8.66. The van der Waals surface area contributed by atoms with Gasteiger partial charge in [-0.2, -0.15) is 0 Å². The number of hydrogen-bond donors (Lipinski definition) is 2. The quantitative estimate of drug-likeness (QED) is 0.545. The van der Waals surface area contributed by atoms with E-state index in [1.165, 1.54) is 0 Å². The van der Waals surface area contributed by atoms with Crippen LogP contribution < -0.4 is 10.6 Å². The Bertz CT molecular complexity index is 1090.